The summed E-state index contributed by atoms with van der Waals surface area (Å²) in [5.74, 6) is 1.93. The molecule has 0 unspecified atom stereocenters. The molecule has 1 aromatic heterocycles. The maximum absolute atomic E-state index is 6.29. The molecular formula is C17H23ClIN3O2S. The third-order valence-electron chi connectivity index (χ3n) is 3.27. The van der Waals surface area contributed by atoms with Crippen molar-refractivity contribution in [3.8, 4) is 11.5 Å². The van der Waals surface area contributed by atoms with Crippen molar-refractivity contribution < 1.29 is 9.47 Å². The first-order valence-electron chi connectivity index (χ1n) is 7.64. The summed E-state index contributed by atoms with van der Waals surface area (Å²) in [5.41, 5.74) is 0.986. The number of methoxy groups -OCH3 is 1. The number of aliphatic imine (C=N–C) groups is 1. The van der Waals surface area contributed by atoms with Gasteiger partial charge < -0.3 is 20.1 Å². The second-order valence-corrected chi connectivity index (χ2v) is 6.34. The molecule has 2 aromatic rings. The lowest BCUT2D eigenvalue weighted by Gasteiger charge is -2.15. The van der Waals surface area contributed by atoms with Crippen LogP contribution in [0.5, 0.6) is 11.5 Å². The van der Waals surface area contributed by atoms with E-state index in [4.69, 9.17) is 21.1 Å². The average molecular weight is 496 g/mol. The van der Waals surface area contributed by atoms with E-state index in [0.717, 1.165) is 18.1 Å². The summed E-state index contributed by atoms with van der Waals surface area (Å²) in [7, 11) is 3.35. The van der Waals surface area contributed by atoms with Gasteiger partial charge in [-0.25, -0.2) is 0 Å². The molecule has 0 atom stereocenters. The summed E-state index contributed by atoms with van der Waals surface area (Å²) in [4.78, 5) is 5.48. The van der Waals surface area contributed by atoms with Crippen molar-refractivity contribution in [1.29, 1.82) is 0 Å². The molecule has 0 aliphatic heterocycles. The van der Waals surface area contributed by atoms with Crippen LogP contribution in [0.1, 0.15) is 17.4 Å². The second-order valence-electron chi connectivity index (χ2n) is 4.90. The first kappa shape index (κ1) is 21.9. The highest BCUT2D eigenvalue weighted by molar-refractivity contribution is 14.0. The van der Waals surface area contributed by atoms with Gasteiger partial charge in [-0.1, -0.05) is 17.7 Å². The lowest BCUT2D eigenvalue weighted by Crippen LogP contribution is -2.36. The van der Waals surface area contributed by atoms with Gasteiger partial charge in [-0.3, -0.25) is 4.99 Å². The summed E-state index contributed by atoms with van der Waals surface area (Å²) in [5, 5.41) is 9.14. The first-order chi connectivity index (χ1) is 11.7. The first-order valence-corrected chi connectivity index (χ1v) is 8.89. The number of thiophene rings is 1. The minimum Gasteiger partial charge on any atom is -0.493 e. The standard InChI is InChI=1S/C17H22ClN3O2S.HI/c1-4-23-16-14(18)8-12(9-15(16)22-3)10-20-17(19-2)21-11-13-6-5-7-24-13;/h5-9H,4,10-11H2,1-3H3,(H2,19,20,21);1H. The fourth-order valence-corrected chi connectivity index (χ4v) is 3.08. The van der Waals surface area contributed by atoms with Gasteiger partial charge in [0.25, 0.3) is 0 Å². The van der Waals surface area contributed by atoms with Crippen LogP contribution in [0.15, 0.2) is 34.6 Å². The molecule has 0 aliphatic carbocycles. The maximum Gasteiger partial charge on any atom is 0.191 e. The predicted octanol–water partition coefficient (Wildman–Crippen LogP) is 4.29. The highest BCUT2D eigenvalue weighted by atomic mass is 127. The van der Waals surface area contributed by atoms with Crippen molar-refractivity contribution in [1.82, 2.24) is 10.6 Å². The monoisotopic (exact) mass is 495 g/mol. The number of nitrogens with one attached hydrogen (secondary N) is 2. The molecule has 2 N–H and O–H groups in total. The predicted molar refractivity (Wildman–Crippen MR) is 116 cm³/mol. The zero-order chi connectivity index (χ0) is 17.4. The van der Waals surface area contributed by atoms with Gasteiger partial charge in [0.1, 0.15) is 0 Å². The Morgan fingerprint density at radius 3 is 2.64 bits per heavy atom. The molecule has 0 saturated heterocycles. The van der Waals surface area contributed by atoms with Crippen molar-refractivity contribution >= 4 is 52.9 Å². The molecule has 1 aromatic carbocycles. The van der Waals surface area contributed by atoms with Gasteiger partial charge in [0.2, 0.25) is 0 Å². The summed E-state index contributed by atoms with van der Waals surface area (Å²) in [6, 6.07) is 7.90. The minimum atomic E-state index is 0. The molecule has 2 rings (SSSR count). The number of guanidine groups is 1. The van der Waals surface area contributed by atoms with Gasteiger partial charge >= 0.3 is 0 Å². The van der Waals surface area contributed by atoms with Crippen LogP contribution in [-0.2, 0) is 13.1 Å². The third kappa shape index (κ3) is 6.56. The summed E-state index contributed by atoms with van der Waals surface area (Å²) in [6.07, 6.45) is 0. The van der Waals surface area contributed by atoms with E-state index < -0.39 is 0 Å². The van der Waals surface area contributed by atoms with Crippen molar-refractivity contribution in [3.05, 3.63) is 45.1 Å². The topological polar surface area (TPSA) is 54.9 Å². The average Bonchev–Trinajstić information content (AvgIpc) is 3.10. The normalized spacial score (nSPS) is 10.8. The van der Waals surface area contributed by atoms with E-state index in [9.17, 15) is 0 Å². The Bertz CT molecular complexity index is 681. The molecule has 0 fully saturated rings. The quantitative estimate of drug-likeness (QED) is 0.342. The van der Waals surface area contributed by atoms with E-state index >= 15 is 0 Å². The van der Waals surface area contributed by atoms with Gasteiger partial charge in [0.15, 0.2) is 17.5 Å². The lowest BCUT2D eigenvalue weighted by atomic mass is 10.2. The van der Waals surface area contributed by atoms with Crippen LogP contribution in [0, 0.1) is 0 Å². The van der Waals surface area contributed by atoms with Gasteiger partial charge in [-0.2, -0.15) is 0 Å². The van der Waals surface area contributed by atoms with Gasteiger partial charge in [-0.15, -0.1) is 35.3 Å². The molecule has 25 heavy (non-hydrogen) atoms. The Balaban J connectivity index is 0.00000312. The zero-order valence-corrected chi connectivity index (χ0v) is 18.4. The molecule has 0 spiro atoms. The Hall–Kier alpha value is -1.19. The summed E-state index contributed by atoms with van der Waals surface area (Å²) >= 11 is 8.00. The molecule has 0 radical (unpaired) electrons. The molecule has 0 saturated carbocycles. The van der Waals surface area contributed by atoms with Crippen molar-refractivity contribution in [2.45, 2.75) is 20.0 Å². The molecule has 1 heterocycles. The van der Waals surface area contributed by atoms with E-state index in [2.05, 4.69) is 27.1 Å². The van der Waals surface area contributed by atoms with Crippen LogP contribution in [0.3, 0.4) is 0 Å². The number of halogens is 2. The van der Waals surface area contributed by atoms with Crippen molar-refractivity contribution in [2.75, 3.05) is 20.8 Å². The van der Waals surface area contributed by atoms with Crippen LogP contribution in [0.2, 0.25) is 5.02 Å². The largest absolute Gasteiger partial charge is 0.493 e. The lowest BCUT2D eigenvalue weighted by molar-refractivity contribution is 0.311. The summed E-state index contributed by atoms with van der Waals surface area (Å²) < 4.78 is 10.9. The second kappa shape index (κ2) is 11.4. The third-order valence-corrected chi connectivity index (χ3v) is 4.43. The number of hydrogen-bond acceptors (Lipinski definition) is 4. The van der Waals surface area contributed by atoms with E-state index in [-0.39, 0.29) is 24.0 Å². The fraction of sp³-hybridized carbons (Fsp3) is 0.353. The van der Waals surface area contributed by atoms with Crippen LogP contribution >= 0.6 is 46.9 Å². The van der Waals surface area contributed by atoms with Gasteiger partial charge in [0.05, 0.1) is 25.3 Å². The number of ether oxygens (including phenoxy) is 2. The number of benzene rings is 1. The Kier molecular flexibility index (Phi) is 9.99. The van der Waals surface area contributed by atoms with E-state index in [1.54, 1.807) is 25.5 Å². The Labute approximate surface area is 174 Å². The highest BCUT2D eigenvalue weighted by Crippen LogP contribution is 2.36. The van der Waals surface area contributed by atoms with Crippen molar-refractivity contribution in [3.63, 3.8) is 0 Å². The molecular weight excluding hydrogens is 473 g/mol. The van der Waals surface area contributed by atoms with Crippen LogP contribution in [0.25, 0.3) is 0 Å². The highest BCUT2D eigenvalue weighted by Gasteiger charge is 2.12. The zero-order valence-electron chi connectivity index (χ0n) is 14.5. The van der Waals surface area contributed by atoms with Crippen LogP contribution < -0.4 is 20.1 Å². The Morgan fingerprint density at radius 1 is 1.28 bits per heavy atom. The number of rotatable bonds is 7. The Morgan fingerprint density at radius 2 is 2.04 bits per heavy atom. The molecule has 0 aliphatic rings. The fourth-order valence-electron chi connectivity index (χ4n) is 2.15. The van der Waals surface area contributed by atoms with E-state index in [1.807, 2.05) is 25.1 Å². The minimum absolute atomic E-state index is 0. The molecule has 5 nitrogen and oxygen atoms in total. The van der Waals surface area contributed by atoms with Gasteiger partial charge in [0, 0.05) is 18.5 Å². The molecule has 138 valence electrons. The van der Waals surface area contributed by atoms with Crippen LogP contribution in [-0.4, -0.2) is 26.7 Å². The number of hydrogen-bond donors (Lipinski definition) is 2. The van der Waals surface area contributed by atoms with Crippen LogP contribution in [0.4, 0.5) is 0 Å². The smallest absolute Gasteiger partial charge is 0.191 e. The SMILES string of the molecule is CCOc1c(Cl)cc(CNC(=NC)NCc2cccs2)cc1OC.I. The van der Waals surface area contributed by atoms with Crippen molar-refractivity contribution in [2.24, 2.45) is 4.99 Å². The maximum atomic E-state index is 6.29. The van der Waals surface area contributed by atoms with E-state index in [0.29, 0.717) is 29.7 Å². The van der Waals surface area contributed by atoms with E-state index in [1.165, 1.54) is 4.88 Å². The van der Waals surface area contributed by atoms with Gasteiger partial charge in [-0.05, 0) is 36.1 Å². The number of nitrogens with zero attached hydrogens (tertiary/aromatic N) is 1. The molecule has 0 bridgehead atoms. The summed E-state index contributed by atoms with van der Waals surface area (Å²) in [6.45, 7) is 3.76. The molecule has 0 amide bonds. The molecule has 8 heteroatoms.